The Morgan fingerprint density at radius 2 is 0.403 bits per heavy atom. The van der Waals surface area contributed by atoms with Crippen LogP contribution >= 0.6 is 0 Å². The van der Waals surface area contributed by atoms with Crippen molar-refractivity contribution in [3.8, 4) is 22.3 Å². The molecule has 1 heterocycles. The Morgan fingerprint density at radius 3 is 0.688 bits per heavy atom. The van der Waals surface area contributed by atoms with E-state index in [1.54, 1.807) is 0 Å². The van der Waals surface area contributed by atoms with Gasteiger partial charge in [-0.1, -0.05) is 158 Å². The molecule has 12 aromatic carbocycles. The van der Waals surface area contributed by atoms with Crippen LogP contribution in [0.15, 0.2) is 320 Å². The highest BCUT2D eigenvalue weighted by Crippen LogP contribution is 2.44. The van der Waals surface area contributed by atoms with Gasteiger partial charge in [-0.05, 0) is 180 Å². The second-order valence-corrected chi connectivity index (χ2v) is 19.0. The minimum atomic E-state index is 0.833. The SMILES string of the molecule is c1ccc(N(c2ccccc2)c2cccc(-c3ccc(N(c4ccccc4)c4ccc5oc6ccc(N(c7ccccc7)c7ccc(-c8cccc(N(c9ccccc9)c9ccccc9)c8)cc7)cc6c5c4)cc3)c2)cc1. The lowest BCUT2D eigenvalue weighted by Gasteiger charge is -2.27. The van der Waals surface area contributed by atoms with Crippen LogP contribution in [-0.4, -0.2) is 0 Å². The zero-order chi connectivity index (χ0) is 51.3. The van der Waals surface area contributed by atoms with Gasteiger partial charge in [0.25, 0.3) is 0 Å². The number of anilines is 12. The Morgan fingerprint density at radius 1 is 0.169 bits per heavy atom. The van der Waals surface area contributed by atoms with E-state index in [2.05, 4.69) is 335 Å². The van der Waals surface area contributed by atoms with Gasteiger partial charge in [0.1, 0.15) is 11.2 Å². The van der Waals surface area contributed by atoms with E-state index in [0.29, 0.717) is 0 Å². The van der Waals surface area contributed by atoms with E-state index in [1.807, 2.05) is 0 Å². The van der Waals surface area contributed by atoms with Crippen molar-refractivity contribution in [3.63, 3.8) is 0 Å². The number of hydrogen-bond acceptors (Lipinski definition) is 5. The van der Waals surface area contributed by atoms with Crippen molar-refractivity contribution in [1.29, 1.82) is 0 Å². The summed E-state index contributed by atoms with van der Waals surface area (Å²) in [7, 11) is 0. The maximum absolute atomic E-state index is 6.60. The smallest absolute Gasteiger partial charge is 0.135 e. The second kappa shape index (κ2) is 20.9. The molecule has 0 aliphatic carbocycles. The molecule has 5 nitrogen and oxygen atoms in total. The number of rotatable bonds is 14. The van der Waals surface area contributed by atoms with Gasteiger partial charge in [0.15, 0.2) is 0 Å². The lowest BCUT2D eigenvalue weighted by Crippen LogP contribution is -2.10. The number of benzene rings is 12. The summed E-state index contributed by atoms with van der Waals surface area (Å²) in [6.07, 6.45) is 0. The van der Waals surface area contributed by atoms with Crippen molar-refractivity contribution >= 4 is 90.2 Å². The number of fused-ring (bicyclic) bond motifs is 3. The van der Waals surface area contributed by atoms with Gasteiger partial charge >= 0.3 is 0 Å². The zero-order valence-electron chi connectivity index (χ0n) is 42.2. The maximum atomic E-state index is 6.60. The zero-order valence-corrected chi connectivity index (χ0v) is 42.2. The molecule has 0 fully saturated rings. The molecule has 0 atom stereocenters. The molecule has 0 saturated carbocycles. The predicted molar refractivity (Wildman–Crippen MR) is 323 cm³/mol. The molecule has 1 aromatic heterocycles. The quantitative estimate of drug-likeness (QED) is 0.108. The molecule has 5 heteroatoms. The molecule has 0 N–H and O–H groups in total. The van der Waals surface area contributed by atoms with Crippen molar-refractivity contribution in [3.05, 3.63) is 315 Å². The van der Waals surface area contributed by atoms with Crippen LogP contribution in [0.1, 0.15) is 0 Å². The highest BCUT2D eigenvalue weighted by Gasteiger charge is 2.20. The molecule has 13 rings (SSSR count). The van der Waals surface area contributed by atoms with E-state index >= 15 is 0 Å². The average Bonchev–Trinajstić information content (AvgIpc) is 3.87. The van der Waals surface area contributed by atoms with Crippen molar-refractivity contribution in [1.82, 2.24) is 0 Å². The van der Waals surface area contributed by atoms with E-state index < -0.39 is 0 Å². The fourth-order valence-electron chi connectivity index (χ4n) is 10.5. The van der Waals surface area contributed by atoms with Crippen molar-refractivity contribution in [2.24, 2.45) is 0 Å². The van der Waals surface area contributed by atoms with Crippen molar-refractivity contribution < 1.29 is 4.42 Å². The predicted octanol–water partition coefficient (Wildman–Crippen LogP) is 20.8. The number of nitrogens with zero attached hydrogens (tertiary/aromatic N) is 4. The van der Waals surface area contributed by atoms with Crippen LogP contribution in [0.25, 0.3) is 44.2 Å². The third-order valence-electron chi connectivity index (χ3n) is 14.2. The third-order valence-corrected chi connectivity index (χ3v) is 14.2. The molecule has 0 radical (unpaired) electrons. The highest BCUT2D eigenvalue weighted by atomic mass is 16.3. The Labute approximate surface area is 449 Å². The van der Waals surface area contributed by atoms with Gasteiger partial charge < -0.3 is 24.0 Å². The van der Waals surface area contributed by atoms with Crippen molar-refractivity contribution in [2.75, 3.05) is 19.6 Å². The van der Waals surface area contributed by atoms with Gasteiger partial charge in [0.05, 0.1) is 0 Å². The lowest BCUT2D eigenvalue weighted by atomic mass is 10.0. The van der Waals surface area contributed by atoms with Crippen LogP contribution in [0, 0.1) is 0 Å². The molecular formula is C72H52N4O. The number of furan rings is 1. The monoisotopic (exact) mass is 988 g/mol. The Bertz CT molecular complexity index is 3730. The van der Waals surface area contributed by atoms with Gasteiger partial charge in [0, 0.05) is 79.0 Å². The normalized spacial score (nSPS) is 11.1. The summed E-state index contributed by atoms with van der Waals surface area (Å²) >= 11 is 0. The summed E-state index contributed by atoms with van der Waals surface area (Å²) in [6, 6.07) is 112. The minimum absolute atomic E-state index is 0.833. The maximum Gasteiger partial charge on any atom is 0.135 e. The molecule has 0 aliphatic heterocycles. The number of para-hydroxylation sites is 6. The van der Waals surface area contributed by atoms with Gasteiger partial charge in [-0.15, -0.1) is 0 Å². The first-order valence-electron chi connectivity index (χ1n) is 26.1. The van der Waals surface area contributed by atoms with E-state index in [1.165, 1.54) is 0 Å². The lowest BCUT2D eigenvalue weighted by molar-refractivity contribution is 0.669. The van der Waals surface area contributed by atoms with Gasteiger partial charge in [-0.25, -0.2) is 0 Å². The molecule has 0 unspecified atom stereocenters. The summed E-state index contributed by atoms with van der Waals surface area (Å²) < 4.78 is 6.60. The number of hydrogen-bond donors (Lipinski definition) is 0. The standard InChI is InChI=1S/C72H52N4O/c1-7-23-57(24-8-1)73(58-25-9-2-10-26-58)65-35-19-21-55(49-65)53-37-41-63(42-38-53)75(61-31-15-5-16-32-61)67-45-47-71-69(51-67)70-52-68(46-48-72(70)77-71)76(62-33-17-6-18-34-62)64-43-39-54(40-44-64)56-22-20-36-66(50-56)74(59-27-11-3-12-28-59)60-29-13-4-14-30-60/h1-52H. The molecular weight excluding hydrogens is 937 g/mol. The first kappa shape index (κ1) is 46.4. The first-order valence-corrected chi connectivity index (χ1v) is 26.1. The van der Waals surface area contributed by atoms with Gasteiger partial charge in [0.2, 0.25) is 0 Å². The van der Waals surface area contributed by atoms with E-state index in [0.717, 1.165) is 112 Å². The first-order chi connectivity index (χ1) is 38.2. The van der Waals surface area contributed by atoms with Crippen LogP contribution in [0.2, 0.25) is 0 Å². The van der Waals surface area contributed by atoms with Crippen LogP contribution in [0.5, 0.6) is 0 Å². The largest absolute Gasteiger partial charge is 0.456 e. The molecule has 0 aliphatic rings. The van der Waals surface area contributed by atoms with E-state index in [4.69, 9.17) is 4.42 Å². The summed E-state index contributed by atoms with van der Waals surface area (Å²) in [5.41, 5.74) is 19.1. The van der Waals surface area contributed by atoms with E-state index in [-0.39, 0.29) is 0 Å². The molecule has 366 valence electrons. The highest BCUT2D eigenvalue weighted by molar-refractivity contribution is 6.08. The minimum Gasteiger partial charge on any atom is -0.456 e. The van der Waals surface area contributed by atoms with Crippen LogP contribution in [0.3, 0.4) is 0 Å². The van der Waals surface area contributed by atoms with Crippen LogP contribution in [0.4, 0.5) is 68.2 Å². The fraction of sp³-hybridized carbons (Fsp3) is 0. The summed E-state index contributed by atoms with van der Waals surface area (Å²) in [6.45, 7) is 0. The van der Waals surface area contributed by atoms with Crippen LogP contribution in [-0.2, 0) is 0 Å². The van der Waals surface area contributed by atoms with Gasteiger partial charge in [-0.2, -0.15) is 0 Å². The topological polar surface area (TPSA) is 26.1 Å². The fourth-order valence-corrected chi connectivity index (χ4v) is 10.5. The van der Waals surface area contributed by atoms with Crippen molar-refractivity contribution in [2.45, 2.75) is 0 Å². The average molecular weight is 989 g/mol. The molecule has 13 aromatic rings. The van der Waals surface area contributed by atoms with Crippen LogP contribution < -0.4 is 19.6 Å². The summed E-state index contributed by atoms with van der Waals surface area (Å²) in [4.78, 5) is 9.25. The Kier molecular flexibility index (Phi) is 12.6. The summed E-state index contributed by atoms with van der Waals surface area (Å²) in [5, 5.41) is 2.08. The third kappa shape index (κ3) is 9.46. The molecule has 0 amide bonds. The van der Waals surface area contributed by atoms with E-state index in [9.17, 15) is 0 Å². The Hall–Kier alpha value is -10.4. The molecule has 0 saturated heterocycles. The second-order valence-electron chi connectivity index (χ2n) is 19.0. The van der Waals surface area contributed by atoms with Gasteiger partial charge in [-0.3, -0.25) is 0 Å². The molecule has 0 spiro atoms. The molecule has 0 bridgehead atoms. The molecule has 77 heavy (non-hydrogen) atoms. The Balaban J connectivity index is 0.835. The summed E-state index contributed by atoms with van der Waals surface area (Å²) in [5.74, 6) is 0.